The molecule has 0 spiro atoms. The van der Waals surface area contributed by atoms with Gasteiger partial charge >= 0.3 is 0 Å². The normalized spacial score (nSPS) is 22.2. The summed E-state index contributed by atoms with van der Waals surface area (Å²) in [7, 11) is 1.82. The van der Waals surface area contributed by atoms with E-state index in [1.165, 1.54) is 12.1 Å². The molecule has 0 bridgehead atoms. The van der Waals surface area contributed by atoms with Crippen LogP contribution in [0.4, 0.5) is 5.69 Å². The number of nitrogens with zero attached hydrogens (tertiary/aromatic N) is 2. The second-order valence-electron chi connectivity index (χ2n) is 7.17. The van der Waals surface area contributed by atoms with Gasteiger partial charge in [0.05, 0.1) is 12.7 Å². The summed E-state index contributed by atoms with van der Waals surface area (Å²) in [5.41, 5.74) is 1.30. The van der Waals surface area contributed by atoms with Gasteiger partial charge in [-0.05, 0) is 49.4 Å². The SMILES string of the molecule is CN=C(NCCCOC1CCOC1)NCC1CCN(c2ccc(Br)cc2)C1.I. The molecule has 2 atom stereocenters. The zero-order chi connectivity index (χ0) is 18.9. The van der Waals surface area contributed by atoms with Crippen molar-refractivity contribution in [1.29, 1.82) is 0 Å². The first-order chi connectivity index (χ1) is 13.2. The molecule has 6 nitrogen and oxygen atoms in total. The number of benzene rings is 1. The lowest BCUT2D eigenvalue weighted by Crippen LogP contribution is -2.40. The van der Waals surface area contributed by atoms with Gasteiger partial charge in [0.2, 0.25) is 0 Å². The van der Waals surface area contributed by atoms with Gasteiger partial charge in [-0.3, -0.25) is 4.99 Å². The topological polar surface area (TPSA) is 58.1 Å². The van der Waals surface area contributed by atoms with Crippen LogP contribution >= 0.6 is 39.9 Å². The van der Waals surface area contributed by atoms with Gasteiger partial charge in [-0.1, -0.05) is 15.9 Å². The highest BCUT2D eigenvalue weighted by Gasteiger charge is 2.22. The summed E-state index contributed by atoms with van der Waals surface area (Å²) < 4.78 is 12.2. The van der Waals surface area contributed by atoms with E-state index in [0.717, 1.165) is 69.3 Å². The fourth-order valence-corrected chi connectivity index (χ4v) is 3.78. The zero-order valence-electron chi connectivity index (χ0n) is 16.5. The second-order valence-corrected chi connectivity index (χ2v) is 8.08. The minimum Gasteiger partial charge on any atom is -0.379 e. The van der Waals surface area contributed by atoms with Crippen LogP contribution in [-0.2, 0) is 9.47 Å². The Hall–Kier alpha value is -0.580. The van der Waals surface area contributed by atoms with Crippen molar-refractivity contribution in [3.63, 3.8) is 0 Å². The van der Waals surface area contributed by atoms with Crippen molar-refractivity contribution < 1.29 is 9.47 Å². The molecule has 0 aliphatic carbocycles. The van der Waals surface area contributed by atoms with E-state index < -0.39 is 0 Å². The first kappa shape index (κ1) is 23.7. The smallest absolute Gasteiger partial charge is 0.190 e. The third-order valence-electron chi connectivity index (χ3n) is 5.11. The van der Waals surface area contributed by atoms with Crippen molar-refractivity contribution in [3.8, 4) is 0 Å². The van der Waals surface area contributed by atoms with Gasteiger partial charge in [0.15, 0.2) is 5.96 Å². The fraction of sp³-hybridized carbons (Fsp3) is 0.650. The number of rotatable bonds is 8. The first-order valence-electron chi connectivity index (χ1n) is 9.89. The molecule has 0 radical (unpaired) electrons. The quantitative estimate of drug-likeness (QED) is 0.219. The fourth-order valence-electron chi connectivity index (χ4n) is 3.52. The number of halogens is 2. The summed E-state index contributed by atoms with van der Waals surface area (Å²) >= 11 is 3.50. The maximum atomic E-state index is 5.79. The van der Waals surface area contributed by atoms with Crippen molar-refractivity contribution in [2.75, 3.05) is 57.9 Å². The van der Waals surface area contributed by atoms with E-state index >= 15 is 0 Å². The summed E-state index contributed by atoms with van der Waals surface area (Å²) in [6, 6.07) is 8.58. The van der Waals surface area contributed by atoms with E-state index in [1.807, 2.05) is 7.05 Å². The molecule has 3 rings (SSSR count). The molecule has 2 fully saturated rings. The van der Waals surface area contributed by atoms with Gasteiger partial charge in [-0.15, -0.1) is 24.0 Å². The number of nitrogens with one attached hydrogen (secondary N) is 2. The van der Waals surface area contributed by atoms with Crippen LogP contribution in [0.15, 0.2) is 33.7 Å². The number of hydrogen-bond donors (Lipinski definition) is 2. The molecular formula is C20H32BrIN4O2. The molecule has 2 heterocycles. The molecule has 28 heavy (non-hydrogen) atoms. The maximum absolute atomic E-state index is 5.79. The lowest BCUT2D eigenvalue weighted by atomic mass is 10.1. The highest BCUT2D eigenvalue weighted by Crippen LogP contribution is 2.24. The number of aliphatic imine (C=N–C) groups is 1. The Morgan fingerprint density at radius 2 is 2.11 bits per heavy atom. The van der Waals surface area contributed by atoms with E-state index in [1.54, 1.807) is 0 Å². The average molecular weight is 567 g/mol. The van der Waals surface area contributed by atoms with E-state index in [4.69, 9.17) is 9.47 Å². The minimum atomic E-state index is 0. The van der Waals surface area contributed by atoms with Gasteiger partial charge < -0.3 is 25.0 Å². The van der Waals surface area contributed by atoms with Crippen LogP contribution in [0, 0.1) is 5.92 Å². The summed E-state index contributed by atoms with van der Waals surface area (Å²) in [6.07, 6.45) is 3.49. The summed E-state index contributed by atoms with van der Waals surface area (Å²) in [4.78, 5) is 6.78. The van der Waals surface area contributed by atoms with Gasteiger partial charge in [0.25, 0.3) is 0 Å². The van der Waals surface area contributed by atoms with Crippen LogP contribution < -0.4 is 15.5 Å². The molecule has 0 saturated carbocycles. The largest absolute Gasteiger partial charge is 0.379 e. The Balaban J connectivity index is 0.00000280. The van der Waals surface area contributed by atoms with E-state index in [0.29, 0.717) is 12.0 Å². The predicted molar refractivity (Wildman–Crippen MR) is 129 cm³/mol. The molecule has 8 heteroatoms. The zero-order valence-corrected chi connectivity index (χ0v) is 20.4. The summed E-state index contributed by atoms with van der Waals surface area (Å²) in [5.74, 6) is 1.51. The lowest BCUT2D eigenvalue weighted by Gasteiger charge is -2.19. The third-order valence-corrected chi connectivity index (χ3v) is 5.64. The third kappa shape index (κ3) is 7.68. The van der Waals surface area contributed by atoms with Crippen LogP contribution in [0.3, 0.4) is 0 Å². The Labute approximate surface area is 194 Å². The number of guanidine groups is 1. The number of anilines is 1. The van der Waals surface area contributed by atoms with Crippen molar-refractivity contribution in [3.05, 3.63) is 28.7 Å². The number of ether oxygens (including phenoxy) is 2. The summed E-state index contributed by atoms with van der Waals surface area (Å²) in [6.45, 7) is 6.36. The maximum Gasteiger partial charge on any atom is 0.190 e. The van der Waals surface area contributed by atoms with Crippen molar-refractivity contribution in [2.24, 2.45) is 10.9 Å². The Morgan fingerprint density at radius 3 is 2.82 bits per heavy atom. The highest BCUT2D eigenvalue weighted by atomic mass is 127. The monoisotopic (exact) mass is 566 g/mol. The van der Waals surface area contributed by atoms with Crippen LogP contribution in [0.1, 0.15) is 19.3 Å². The average Bonchev–Trinajstić information content (AvgIpc) is 3.36. The van der Waals surface area contributed by atoms with Crippen LogP contribution in [-0.4, -0.2) is 65.1 Å². The van der Waals surface area contributed by atoms with Crippen molar-refractivity contribution in [1.82, 2.24) is 10.6 Å². The van der Waals surface area contributed by atoms with Gasteiger partial charge in [0, 0.05) is 56.6 Å². The summed E-state index contributed by atoms with van der Waals surface area (Å²) in [5, 5.41) is 6.85. The molecule has 2 saturated heterocycles. The molecule has 1 aromatic rings. The first-order valence-corrected chi connectivity index (χ1v) is 10.7. The lowest BCUT2D eigenvalue weighted by molar-refractivity contribution is 0.0420. The molecule has 2 aliphatic rings. The van der Waals surface area contributed by atoms with Gasteiger partial charge in [-0.2, -0.15) is 0 Å². The number of hydrogen-bond acceptors (Lipinski definition) is 4. The molecule has 158 valence electrons. The highest BCUT2D eigenvalue weighted by molar-refractivity contribution is 14.0. The molecule has 2 aliphatic heterocycles. The Bertz CT molecular complexity index is 596. The molecule has 0 aromatic heterocycles. The van der Waals surface area contributed by atoms with Gasteiger partial charge in [0.1, 0.15) is 0 Å². The minimum absolute atomic E-state index is 0. The van der Waals surface area contributed by atoms with Crippen molar-refractivity contribution in [2.45, 2.75) is 25.4 Å². The van der Waals surface area contributed by atoms with Crippen LogP contribution in [0.2, 0.25) is 0 Å². The molecule has 1 aromatic carbocycles. The molecule has 2 unspecified atom stereocenters. The van der Waals surface area contributed by atoms with Crippen molar-refractivity contribution >= 4 is 51.6 Å². The van der Waals surface area contributed by atoms with Crippen LogP contribution in [0.5, 0.6) is 0 Å². The van der Waals surface area contributed by atoms with Gasteiger partial charge in [-0.25, -0.2) is 0 Å². The predicted octanol–water partition coefficient (Wildman–Crippen LogP) is 3.25. The Kier molecular flexibility index (Phi) is 10.9. The molecular weight excluding hydrogens is 535 g/mol. The standard InChI is InChI=1S/C20H31BrN4O2.HI/c1-22-20(23-9-2-11-27-19-8-12-26-15-19)24-13-16-7-10-25(14-16)18-5-3-17(21)4-6-18;/h3-6,16,19H,2,7-15H2,1H3,(H2,22,23,24);1H. The van der Waals surface area contributed by atoms with E-state index in [2.05, 4.69) is 60.7 Å². The van der Waals surface area contributed by atoms with E-state index in [9.17, 15) is 0 Å². The molecule has 2 N–H and O–H groups in total. The van der Waals surface area contributed by atoms with E-state index in [-0.39, 0.29) is 24.0 Å². The Morgan fingerprint density at radius 1 is 1.29 bits per heavy atom. The van der Waals surface area contributed by atoms with Crippen LogP contribution in [0.25, 0.3) is 0 Å². The molecule has 0 amide bonds. The second kappa shape index (κ2) is 12.9.